The molecule has 1 aromatic heterocycles. The summed E-state index contributed by atoms with van der Waals surface area (Å²) in [6, 6.07) is 12.4. The highest BCUT2D eigenvalue weighted by Crippen LogP contribution is 2.24. The Balaban J connectivity index is 0.00000272. The number of hydrogen-bond acceptors (Lipinski definition) is 5. The molecule has 0 aliphatic carbocycles. The molecule has 0 bridgehead atoms. The van der Waals surface area contributed by atoms with Gasteiger partial charge < -0.3 is 14.8 Å². The van der Waals surface area contributed by atoms with Crippen LogP contribution in [-0.2, 0) is 4.79 Å². The average molecular weight is 443 g/mol. The first-order valence-electron chi connectivity index (χ1n) is 9.93. The van der Waals surface area contributed by atoms with Crippen LogP contribution >= 0.6 is 12.4 Å². The Morgan fingerprint density at radius 1 is 1.00 bits per heavy atom. The zero-order valence-corrected chi connectivity index (χ0v) is 17.6. The summed E-state index contributed by atoms with van der Waals surface area (Å²) in [7, 11) is 0. The molecule has 3 aromatic rings. The van der Waals surface area contributed by atoms with Crippen LogP contribution in [0, 0.1) is 0 Å². The average Bonchev–Trinajstić information content (AvgIpc) is 2.74. The van der Waals surface area contributed by atoms with Crippen molar-refractivity contribution in [1.29, 1.82) is 0 Å². The van der Waals surface area contributed by atoms with E-state index < -0.39 is 5.97 Å². The fourth-order valence-electron chi connectivity index (χ4n) is 3.67. The number of carboxylic acids is 1. The fourth-order valence-corrected chi connectivity index (χ4v) is 3.67. The fraction of sp³-hybridized carbons (Fsp3) is 0.261. The Labute approximate surface area is 185 Å². The number of piperidine rings is 1. The monoisotopic (exact) mass is 442 g/mol. The van der Waals surface area contributed by atoms with Gasteiger partial charge in [-0.25, -0.2) is 4.79 Å². The molecule has 2 N–H and O–H groups in total. The van der Waals surface area contributed by atoms with Crippen LogP contribution in [0.2, 0.25) is 0 Å². The quantitative estimate of drug-likeness (QED) is 0.619. The van der Waals surface area contributed by atoms with Crippen molar-refractivity contribution in [2.24, 2.45) is 0 Å². The van der Waals surface area contributed by atoms with Gasteiger partial charge in [0.2, 0.25) is 5.91 Å². The summed E-state index contributed by atoms with van der Waals surface area (Å²) in [5.74, 6) is -0.785. The maximum Gasteiger partial charge on any atom is 0.335 e. The number of nitrogens with zero attached hydrogens (tertiary/aromatic N) is 1. The van der Waals surface area contributed by atoms with Gasteiger partial charge in [-0.1, -0.05) is 18.6 Å². The third-order valence-electron chi connectivity index (χ3n) is 5.25. The van der Waals surface area contributed by atoms with Crippen LogP contribution in [0.15, 0.2) is 57.7 Å². The molecule has 4 rings (SSSR count). The third kappa shape index (κ3) is 5.31. The highest BCUT2D eigenvalue weighted by Gasteiger charge is 2.15. The van der Waals surface area contributed by atoms with Gasteiger partial charge in [-0.15, -0.1) is 12.4 Å². The molecule has 162 valence electrons. The summed E-state index contributed by atoms with van der Waals surface area (Å²) in [5.41, 5.74) is 1.46. The second-order valence-electron chi connectivity index (χ2n) is 7.45. The Morgan fingerprint density at radius 2 is 1.71 bits per heavy atom. The number of benzene rings is 2. The van der Waals surface area contributed by atoms with Crippen molar-refractivity contribution in [3.05, 3.63) is 64.3 Å². The number of aromatic carboxylic acids is 1. The number of carbonyl (C=O) groups excluding carboxylic acids is 1. The normalized spacial score (nSPS) is 14.1. The number of carboxylic acid groups (broad SMARTS) is 1. The van der Waals surface area contributed by atoms with Gasteiger partial charge in [0.1, 0.15) is 11.3 Å². The Hall–Kier alpha value is -3.16. The van der Waals surface area contributed by atoms with E-state index in [0.717, 1.165) is 25.9 Å². The second-order valence-corrected chi connectivity index (χ2v) is 7.45. The van der Waals surface area contributed by atoms with Crippen molar-refractivity contribution in [2.75, 3.05) is 25.0 Å². The molecular formula is C23H23ClN2O5. The topological polar surface area (TPSA) is 99.9 Å². The van der Waals surface area contributed by atoms with E-state index in [-0.39, 0.29) is 29.3 Å². The van der Waals surface area contributed by atoms with Gasteiger partial charge in [-0.3, -0.25) is 14.5 Å². The number of amides is 1. The molecule has 7 nitrogen and oxygen atoms in total. The lowest BCUT2D eigenvalue weighted by atomic mass is 10.1. The number of nitrogens with one attached hydrogen (secondary N) is 1. The van der Waals surface area contributed by atoms with Crippen molar-refractivity contribution in [2.45, 2.75) is 19.3 Å². The highest BCUT2D eigenvalue weighted by molar-refractivity contribution is 5.94. The van der Waals surface area contributed by atoms with Gasteiger partial charge in [-0.2, -0.15) is 0 Å². The van der Waals surface area contributed by atoms with Gasteiger partial charge in [0.25, 0.3) is 0 Å². The van der Waals surface area contributed by atoms with Gasteiger partial charge in [0.15, 0.2) is 5.43 Å². The van der Waals surface area contributed by atoms with Crippen molar-refractivity contribution >= 4 is 40.9 Å². The van der Waals surface area contributed by atoms with Crippen LogP contribution in [0.1, 0.15) is 29.6 Å². The van der Waals surface area contributed by atoms with E-state index in [1.165, 1.54) is 24.6 Å². The van der Waals surface area contributed by atoms with E-state index in [1.54, 1.807) is 30.3 Å². The zero-order chi connectivity index (χ0) is 21.1. The minimum atomic E-state index is -1.02. The van der Waals surface area contributed by atoms with Crippen molar-refractivity contribution in [3.63, 3.8) is 0 Å². The lowest BCUT2D eigenvalue weighted by Crippen LogP contribution is -2.36. The minimum absolute atomic E-state index is 0. The van der Waals surface area contributed by atoms with E-state index in [0.29, 0.717) is 34.5 Å². The van der Waals surface area contributed by atoms with Crippen LogP contribution in [0.5, 0.6) is 0 Å². The van der Waals surface area contributed by atoms with E-state index >= 15 is 0 Å². The number of hydrogen-bond donors (Lipinski definition) is 2. The number of rotatable bonds is 5. The Bertz CT molecular complexity index is 1150. The molecule has 0 unspecified atom stereocenters. The predicted octanol–water partition coefficient (Wildman–Crippen LogP) is 4.00. The maximum atomic E-state index is 12.5. The van der Waals surface area contributed by atoms with E-state index in [1.807, 2.05) is 0 Å². The van der Waals surface area contributed by atoms with Gasteiger partial charge in [0, 0.05) is 23.4 Å². The molecule has 1 fully saturated rings. The van der Waals surface area contributed by atoms with Crippen LogP contribution in [0.3, 0.4) is 0 Å². The summed E-state index contributed by atoms with van der Waals surface area (Å²) in [5, 5.41) is 12.3. The van der Waals surface area contributed by atoms with E-state index in [2.05, 4.69) is 10.2 Å². The zero-order valence-electron chi connectivity index (χ0n) is 16.8. The molecule has 31 heavy (non-hydrogen) atoms. The molecule has 1 saturated heterocycles. The molecular weight excluding hydrogens is 420 g/mol. The van der Waals surface area contributed by atoms with Gasteiger partial charge in [-0.05, 0) is 50.2 Å². The first-order chi connectivity index (χ1) is 14.5. The molecule has 1 aliphatic heterocycles. The number of likely N-dealkylation sites (tertiary alicyclic amines) is 1. The summed E-state index contributed by atoms with van der Waals surface area (Å²) >= 11 is 0. The Morgan fingerprint density at radius 3 is 2.39 bits per heavy atom. The summed E-state index contributed by atoms with van der Waals surface area (Å²) in [6.45, 7) is 2.21. The lowest BCUT2D eigenvalue weighted by molar-refractivity contribution is -0.117. The largest absolute Gasteiger partial charge is 0.478 e. The summed E-state index contributed by atoms with van der Waals surface area (Å²) in [6.07, 6.45) is 3.44. The predicted molar refractivity (Wildman–Crippen MR) is 121 cm³/mol. The standard InChI is InChI=1S/C23H22N2O5.ClH/c26-19-13-20(15-4-6-16(7-5-15)23(28)29)30-21-12-17(8-9-18(19)21)24-22(27)14-25-10-2-1-3-11-25;/h4-9,12-13H,1-3,10-11,14H2,(H,24,27)(H,28,29);1H. The molecule has 2 heterocycles. The van der Waals surface area contributed by atoms with Crippen LogP contribution in [0.25, 0.3) is 22.3 Å². The number of carbonyl (C=O) groups is 2. The molecule has 0 spiro atoms. The summed E-state index contributed by atoms with van der Waals surface area (Å²) < 4.78 is 5.89. The van der Waals surface area contributed by atoms with Crippen molar-refractivity contribution < 1.29 is 19.1 Å². The molecule has 1 amide bonds. The maximum absolute atomic E-state index is 12.5. The Kier molecular flexibility index (Phi) is 7.09. The molecule has 0 saturated carbocycles. The number of halogens is 1. The van der Waals surface area contributed by atoms with Crippen LogP contribution in [0.4, 0.5) is 5.69 Å². The smallest absolute Gasteiger partial charge is 0.335 e. The van der Waals surface area contributed by atoms with Gasteiger partial charge >= 0.3 is 5.97 Å². The van der Waals surface area contributed by atoms with E-state index in [4.69, 9.17) is 9.52 Å². The van der Waals surface area contributed by atoms with E-state index in [9.17, 15) is 14.4 Å². The number of fused-ring (bicyclic) bond motifs is 1. The third-order valence-corrected chi connectivity index (χ3v) is 5.25. The van der Waals surface area contributed by atoms with Crippen molar-refractivity contribution in [1.82, 2.24) is 4.90 Å². The SMILES string of the molecule is Cl.O=C(CN1CCCCC1)Nc1ccc2c(=O)cc(-c3ccc(C(=O)O)cc3)oc2c1. The van der Waals surface area contributed by atoms with Crippen LogP contribution < -0.4 is 10.7 Å². The molecule has 0 atom stereocenters. The first-order valence-corrected chi connectivity index (χ1v) is 9.93. The minimum Gasteiger partial charge on any atom is -0.478 e. The lowest BCUT2D eigenvalue weighted by Gasteiger charge is -2.25. The molecule has 0 radical (unpaired) electrons. The van der Waals surface area contributed by atoms with Crippen LogP contribution in [-0.4, -0.2) is 41.5 Å². The molecule has 1 aliphatic rings. The molecule has 8 heteroatoms. The van der Waals surface area contributed by atoms with Crippen molar-refractivity contribution in [3.8, 4) is 11.3 Å². The van der Waals surface area contributed by atoms with Gasteiger partial charge in [0.05, 0.1) is 17.5 Å². The number of anilines is 1. The second kappa shape index (κ2) is 9.76. The first kappa shape index (κ1) is 22.5. The highest BCUT2D eigenvalue weighted by atomic mass is 35.5. The molecule has 2 aromatic carbocycles. The summed E-state index contributed by atoms with van der Waals surface area (Å²) in [4.78, 5) is 38.0.